The number of benzene rings is 1. The van der Waals surface area contributed by atoms with Crippen molar-refractivity contribution in [3.63, 3.8) is 0 Å². The van der Waals surface area contributed by atoms with E-state index in [1.165, 1.54) is 16.3 Å². The highest BCUT2D eigenvalue weighted by atomic mass is 32.1. The summed E-state index contributed by atoms with van der Waals surface area (Å²) < 4.78 is 0. The highest BCUT2D eigenvalue weighted by Gasteiger charge is 2.25. The first-order valence-electron chi connectivity index (χ1n) is 7.33. The van der Waals surface area contributed by atoms with Crippen LogP contribution in [-0.2, 0) is 18.3 Å². The minimum Gasteiger partial charge on any atom is -0.378 e. The molecule has 0 amide bonds. The Bertz CT molecular complexity index is 587. The number of nitrogens with zero attached hydrogens (tertiary/aromatic N) is 2. The van der Waals surface area contributed by atoms with E-state index in [0.717, 1.165) is 18.5 Å². The Morgan fingerprint density at radius 1 is 1.29 bits per heavy atom. The standard InChI is InChI=1S/C17H25N3S/c1-17(2,16-19-14(8-9-18)12-21-16)11-13-6-5-7-15(10-13)20(3)4/h5-7,10,12H,8-9,11,18H2,1-4H3. The van der Waals surface area contributed by atoms with Crippen LogP contribution in [0.25, 0.3) is 0 Å². The van der Waals surface area contributed by atoms with Gasteiger partial charge in [0.05, 0.1) is 10.7 Å². The lowest BCUT2D eigenvalue weighted by atomic mass is 9.86. The van der Waals surface area contributed by atoms with Gasteiger partial charge in [0, 0.05) is 37.0 Å². The van der Waals surface area contributed by atoms with Crippen LogP contribution in [-0.4, -0.2) is 25.6 Å². The highest BCUT2D eigenvalue weighted by Crippen LogP contribution is 2.31. The molecule has 0 atom stereocenters. The van der Waals surface area contributed by atoms with E-state index >= 15 is 0 Å². The van der Waals surface area contributed by atoms with Crippen LogP contribution >= 0.6 is 11.3 Å². The molecule has 0 radical (unpaired) electrons. The molecule has 1 aromatic carbocycles. The zero-order valence-electron chi connectivity index (χ0n) is 13.4. The number of hydrogen-bond donors (Lipinski definition) is 1. The largest absolute Gasteiger partial charge is 0.378 e. The van der Waals surface area contributed by atoms with E-state index in [0.29, 0.717) is 6.54 Å². The summed E-state index contributed by atoms with van der Waals surface area (Å²) >= 11 is 1.75. The van der Waals surface area contributed by atoms with Gasteiger partial charge in [-0.05, 0) is 30.7 Å². The quantitative estimate of drug-likeness (QED) is 0.891. The Labute approximate surface area is 131 Å². The van der Waals surface area contributed by atoms with Crippen LogP contribution in [0.1, 0.15) is 30.1 Å². The molecule has 1 aromatic heterocycles. The van der Waals surface area contributed by atoms with Crippen molar-refractivity contribution in [3.8, 4) is 0 Å². The number of thiazole rings is 1. The number of aromatic nitrogens is 1. The Hall–Kier alpha value is -1.39. The molecule has 2 aromatic rings. The van der Waals surface area contributed by atoms with Crippen molar-refractivity contribution in [3.05, 3.63) is 45.9 Å². The lowest BCUT2D eigenvalue weighted by Crippen LogP contribution is -2.21. The lowest BCUT2D eigenvalue weighted by molar-refractivity contribution is 0.517. The maximum atomic E-state index is 5.61. The second kappa shape index (κ2) is 6.58. The lowest BCUT2D eigenvalue weighted by Gasteiger charge is -2.23. The Balaban J connectivity index is 2.17. The van der Waals surface area contributed by atoms with E-state index < -0.39 is 0 Å². The Morgan fingerprint density at radius 3 is 2.71 bits per heavy atom. The van der Waals surface area contributed by atoms with Gasteiger partial charge in [0.2, 0.25) is 0 Å². The van der Waals surface area contributed by atoms with Crippen molar-refractivity contribution >= 4 is 17.0 Å². The predicted octanol–water partition coefficient (Wildman–Crippen LogP) is 3.23. The normalized spacial score (nSPS) is 11.7. The van der Waals surface area contributed by atoms with Crippen LogP contribution in [0.3, 0.4) is 0 Å². The summed E-state index contributed by atoms with van der Waals surface area (Å²) in [6.07, 6.45) is 1.85. The molecule has 0 aliphatic carbocycles. The zero-order chi connectivity index (χ0) is 15.5. The molecule has 2 N–H and O–H groups in total. The van der Waals surface area contributed by atoms with Crippen LogP contribution < -0.4 is 10.6 Å². The van der Waals surface area contributed by atoms with Crippen LogP contribution in [0.2, 0.25) is 0 Å². The van der Waals surface area contributed by atoms with Gasteiger partial charge in [-0.3, -0.25) is 0 Å². The topological polar surface area (TPSA) is 42.2 Å². The molecule has 0 aliphatic heterocycles. The third kappa shape index (κ3) is 4.05. The third-order valence-corrected chi connectivity index (χ3v) is 4.86. The van der Waals surface area contributed by atoms with Crippen LogP contribution in [0.4, 0.5) is 5.69 Å². The summed E-state index contributed by atoms with van der Waals surface area (Å²) in [5, 5.41) is 3.33. The summed E-state index contributed by atoms with van der Waals surface area (Å²) in [5.41, 5.74) is 9.36. The van der Waals surface area contributed by atoms with E-state index in [1.807, 2.05) is 0 Å². The second-order valence-corrected chi connectivity index (χ2v) is 7.17. The second-order valence-electron chi connectivity index (χ2n) is 6.31. The first kappa shape index (κ1) is 16.0. The van der Waals surface area contributed by atoms with Crippen molar-refractivity contribution in [1.29, 1.82) is 0 Å². The van der Waals surface area contributed by atoms with Crippen molar-refractivity contribution in [1.82, 2.24) is 4.98 Å². The number of hydrogen-bond acceptors (Lipinski definition) is 4. The summed E-state index contributed by atoms with van der Waals surface area (Å²) in [5.74, 6) is 0. The molecule has 1 heterocycles. The molecule has 0 unspecified atom stereocenters. The fourth-order valence-corrected chi connectivity index (χ4v) is 3.39. The van der Waals surface area contributed by atoms with Crippen molar-refractivity contribution < 1.29 is 0 Å². The van der Waals surface area contributed by atoms with Gasteiger partial charge >= 0.3 is 0 Å². The first-order chi connectivity index (χ1) is 9.92. The van der Waals surface area contributed by atoms with Gasteiger partial charge in [-0.2, -0.15) is 0 Å². The van der Waals surface area contributed by atoms with E-state index in [-0.39, 0.29) is 5.41 Å². The van der Waals surface area contributed by atoms with Crippen LogP contribution in [0.5, 0.6) is 0 Å². The van der Waals surface area contributed by atoms with E-state index in [2.05, 4.69) is 62.5 Å². The Kier molecular flexibility index (Phi) is 5.01. The summed E-state index contributed by atoms with van der Waals surface area (Å²) in [7, 11) is 4.15. The maximum absolute atomic E-state index is 5.61. The molecule has 0 aliphatic rings. The average molecular weight is 303 g/mol. The molecule has 3 nitrogen and oxygen atoms in total. The zero-order valence-corrected chi connectivity index (χ0v) is 14.2. The van der Waals surface area contributed by atoms with Crippen LogP contribution in [0.15, 0.2) is 29.6 Å². The number of rotatable bonds is 6. The number of nitrogens with two attached hydrogens (primary N) is 1. The summed E-state index contributed by atoms with van der Waals surface area (Å²) in [4.78, 5) is 6.89. The molecule has 0 spiro atoms. The monoisotopic (exact) mass is 303 g/mol. The smallest absolute Gasteiger partial charge is 0.0987 e. The average Bonchev–Trinajstić information content (AvgIpc) is 2.88. The van der Waals surface area contributed by atoms with Gasteiger partial charge in [0.1, 0.15) is 0 Å². The van der Waals surface area contributed by atoms with Crippen molar-refractivity contribution in [2.75, 3.05) is 25.5 Å². The molecular formula is C17H25N3S. The van der Waals surface area contributed by atoms with Crippen molar-refractivity contribution in [2.24, 2.45) is 5.73 Å². The fourth-order valence-electron chi connectivity index (χ4n) is 2.41. The SMILES string of the molecule is CN(C)c1cccc(CC(C)(C)c2nc(CCN)cs2)c1. The first-order valence-corrected chi connectivity index (χ1v) is 8.21. The van der Waals surface area contributed by atoms with Gasteiger partial charge in [-0.1, -0.05) is 26.0 Å². The Morgan fingerprint density at radius 2 is 2.05 bits per heavy atom. The minimum absolute atomic E-state index is 0.0441. The summed E-state index contributed by atoms with van der Waals surface area (Å²) in [6, 6.07) is 8.72. The van der Waals surface area contributed by atoms with Gasteiger partial charge in [-0.25, -0.2) is 4.98 Å². The third-order valence-electron chi connectivity index (χ3n) is 3.60. The minimum atomic E-state index is 0.0441. The molecule has 0 fully saturated rings. The fraction of sp³-hybridized carbons (Fsp3) is 0.471. The van der Waals surface area contributed by atoms with Crippen molar-refractivity contribution in [2.45, 2.75) is 32.1 Å². The molecule has 21 heavy (non-hydrogen) atoms. The molecule has 114 valence electrons. The predicted molar refractivity (Wildman–Crippen MR) is 92.4 cm³/mol. The molecular weight excluding hydrogens is 278 g/mol. The molecule has 0 saturated carbocycles. The molecule has 2 rings (SSSR count). The van der Waals surface area contributed by atoms with E-state index in [4.69, 9.17) is 10.7 Å². The van der Waals surface area contributed by atoms with Gasteiger partial charge in [0.25, 0.3) is 0 Å². The van der Waals surface area contributed by atoms with Gasteiger partial charge in [0.15, 0.2) is 0 Å². The van der Waals surface area contributed by atoms with E-state index in [9.17, 15) is 0 Å². The van der Waals surface area contributed by atoms with Gasteiger partial charge < -0.3 is 10.6 Å². The van der Waals surface area contributed by atoms with E-state index in [1.54, 1.807) is 11.3 Å². The number of anilines is 1. The molecule has 4 heteroatoms. The van der Waals surface area contributed by atoms with Crippen LogP contribution in [0, 0.1) is 0 Å². The molecule has 0 bridgehead atoms. The maximum Gasteiger partial charge on any atom is 0.0987 e. The molecule has 0 saturated heterocycles. The summed E-state index contributed by atoms with van der Waals surface area (Å²) in [6.45, 7) is 5.19. The highest BCUT2D eigenvalue weighted by molar-refractivity contribution is 7.09. The van der Waals surface area contributed by atoms with Gasteiger partial charge in [-0.15, -0.1) is 11.3 Å².